The minimum atomic E-state index is -0.647. The van der Waals surface area contributed by atoms with Crippen LogP contribution in [0.25, 0.3) is 0 Å². The molecule has 0 radical (unpaired) electrons. The number of carbonyl (C=O) groups is 1. The van der Waals surface area contributed by atoms with Crippen LogP contribution in [0.15, 0.2) is 12.4 Å². The van der Waals surface area contributed by atoms with Crippen molar-refractivity contribution < 1.29 is 14.5 Å². The van der Waals surface area contributed by atoms with Crippen molar-refractivity contribution in [1.29, 1.82) is 0 Å². The van der Waals surface area contributed by atoms with Gasteiger partial charge in [0.05, 0.1) is 17.1 Å². The van der Waals surface area contributed by atoms with E-state index in [4.69, 9.17) is 11.6 Å². The van der Waals surface area contributed by atoms with Crippen LogP contribution in [0.4, 0.5) is 5.69 Å². The number of aromatic nitrogens is 1. The van der Waals surface area contributed by atoms with Gasteiger partial charge < -0.3 is 4.74 Å². The van der Waals surface area contributed by atoms with E-state index in [1.54, 1.807) is 6.92 Å². The van der Waals surface area contributed by atoms with E-state index < -0.39 is 10.9 Å². The summed E-state index contributed by atoms with van der Waals surface area (Å²) >= 11 is 5.78. The molecule has 1 aromatic rings. The molecule has 0 fully saturated rings. The molecule has 0 unspecified atom stereocenters. The Labute approximate surface area is 108 Å². The molecule has 0 amide bonds. The molecular formula is C11H9ClN2O4. The Bertz CT molecular complexity index is 534. The van der Waals surface area contributed by atoms with Crippen molar-refractivity contribution in [2.75, 3.05) is 6.61 Å². The normalized spacial score (nSPS) is 9.22. The summed E-state index contributed by atoms with van der Waals surface area (Å²) in [6.07, 6.45) is 2.24. The summed E-state index contributed by atoms with van der Waals surface area (Å²) in [5, 5.41) is 10.5. The minimum absolute atomic E-state index is 0.0913. The molecule has 1 aromatic heterocycles. The van der Waals surface area contributed by atoms with Crippen molar-refractivity contribution in [2.24, 2.45) is 0 Å². The highest BCUT2D eigenvalue weighted by Crippen LogP contribution is 2.25. The monoisotopic (exact) mass is 268 g/mol. The maximum atomic E-state index is 11.0. The second-order valence-electron chi connectivity index (χ2n) is 3.06. The maximum Gasteiger partial charge on any atom is 0.317 e. The average Bonchev–Trinajstić information content (AvgIpc) is 2.31. The molecule has 18 heavy (non-hydrogen) atoms. The van der Waals surface area contributed by atoms with Crippen molar-refractivity contribution >= 4 is 23.3 Å². The molecule has 0 N–H and O–H groups in total. The van der Waals surface area contributed by atoms with E-state index in [-0.39, 0.29) is 29.3 Å². The van der Waals surface area contributed by atoms with E-state index in [9.17, 15) is 14.9 Å². The minimum Gasteiger partial charge on any atom is -0.465 e. The molecule has 7 heteroatoms. The van der Waals surface area contributed by atoms with Gasteiger partial charge in [-0.25, -0.2) is 0 Å². The van der Waals surface area contributed by atoms with Gasteiger partial charge in [-0.05, 0) is 6.92 Å². The number of nitro groups is 1. The summed E-state index contributed by atoms with van der Waals surface area (Å²) in [5.74, 6) is 4.61. The van der Waals surface area contributed by atoms with Crippen LogP contribution in [-0.4, -0.2) is 22.5 Å². The summed E-state index contributed by atoms with van der Waals surface area (Å²) in [5.41, 5.74) is -0.116. The second-order valence-corrected chi connectivity index (χ2v) is 3.44. The lowest BCUT2D eigenvalue weighted by Gasteiger charge is -1.97. The first-order chi connectivity index (χ1) is 8.56. The van der Waals surface area contributed by atoms with Gasteiger partial charge in [-0.1, -0.05) is 23.4 Å². The molecule has 0 saturated carbocycles. The van der Waals surface area contributed by atoms with Crippen molar-refractivity contribution in [3.05, 3.63) is 33.1 Å². The molecule has 0 atom stereocenters. The summed E-state index contributed by atoms with van der Waals surface area (Å²) in [6.45, 7) is 1.96. The Morgan fingerprint density at radius 3 is 2.94 bits per heavy atom. The second kappa shape index (κ2) is 6.57. The van der Waals surface area contributed by atoms with E-state index in [2.05, 4.69) is 21.6 Å². The summed E-state index contributed by atoms with van der Waals surface area (Å²) < 4.78 is 4.67. The Kier molecular flexibility index (Phi) is 5.08. The Morgan fingerprint density at radius 1 is 1.61 bits per heavy atom. The SMILES string of the molecule is CCOC(=O)CC#Cc1cncc([N+](=O)[O-])c1Cl. The first kappa shape index (κ1) is 13.9. The van der Waals surface area contributed by atoms with Crippen LogP contribution >= 0.6 is 11.6 Å². The number of nitrogens with zero attached hydrogens (tertiary/aromatic N) is 2. The molecule has 0 aliphatic heterocycles. The van der Waals surface area contributed by atoms with Crippen molar-refractivity contribution in [3.8, 4) is 11.8 Å². The van der Waals surface area contributed by atoms with Crippen LogP contribution in [0, 0.1) is 22.0 Å². The topological polar surface area (TPSA) is 82.3 Å². The number of hydrogen-bond acceptors (Lipinski definition) is 5. The molecule has 0 saturated heterocycles. The molecule has 0 bridgehead atoms. The Morgan fingerprint density at radius 2 is 2.33 bits per heavy atom. The lowest BCUT2D eigenvalue weighted by atomic mass is 10.2. The van der Waals surface area contributed by atoms with Crippen LogP contribution in [0.2, 0.25) is 5.02 Å². The van der Waals surface area contributed by atoms with E-state index in [0.29, 0.717) is 0 Å². The van der Waals surface area contributed by atoms with Gasteiger partial charge in [0.25, 0.3) is 0 Å². The smallest absolute Gasteiger partial charge is 0.317 e. The summed E-state index contributed by atoms with van der Waals surface area (Å²) in [6, 6.07) is 0. The van der Waals surface area contributed by atoms with Crippen LogP contribution in [0.3, 0.4) is 0 Å². The molecule has 1 rings (SSSR count). The van der Waals surface area contributed by atoms with E-state index in [1.165, 1.54) is 6.20 Å². The maximum absolute atomic E-state index is 11.0. The highest BCUT2D eigenvalue weighted by atomic mass is 35.5. The Hall–Kier alpha value is -2.13. The summed E-state index contributed by atoms with van der Waals surface area (Å²) in [7, 11) is 0. The van der Waals surface area contributed by atoms with Crippen molar-refractivity contribution in [1.82, 2.24) is 4.98 Å². The lowest BCUT2D eigenvalue weighted by molar-refractivity contribution is -0.385. The third-order valence-corrected chi connectivity index (χ3v) is 2.22. The highest BCUT2D eigenvalue weighted by molar-refractivity contribution is 6.33. The highest BCUT2D eigenvalue weighted by Gasteiger charge is 2.15. The molecule has 1 heterocycles. The number of pyridine rings is 1. The van der Waals surface area contributed by atoms with Gasteiger partial charge in [0, 0.05) is 6.20 Å². The van der Waals surface area contributed by atoms with Crippen molar-refractivity contribution in [3.63, 3.8) is 0 Å². The first-order valence-corrected chi connectivity index (χ1v) is 5.36. The van der Waals surface area contributed by atoms with Gasteiger partial charge >= 0.3 is 11.7 Å². The van der Waals surface area contributed by atoms with Gasteiger partial charge in [0.15, 0.2) is 0 Å². The fourth-order valence-electron chi connectivity index (χ4n) is 1.07. The average molecular weight is 269 g/mol. The number of esters is 1. The molecule has 94 valence electrons. The molecule has 0 spiro atoms. The Balaban J connectivity index is 2.86. The van der Waals surface area contributed by atoms with Crippen LogP contribution in [-0.2, 0) is 9.53 Å². The van der Waals surface area contributed by atoms with E-state index in [0.717, 1.165) is 6.20 Å². The van der Waals surface area contributed by atoms with E-state index in [1.807, 2.05) is 0 Å². The number of carbonyl (C=O) groups excluding carboxylic acids is 1. The van der Waals surface area contributed by atoms with Crippen LogP contribution in [0.1, 0.15) is 18.9 Å². The third kappa shape index (κ3) is 3.71. The third-order valence-electron chi connectivity index (χ3n) is 1.82. The zero-order chi connectivity index (χ0) is 13.5. The number of rotatable bonds is 3. The van der Waals surface area contributed by atoms with Gasteiger partial charge in [-0.15, -0.1) is 0 Å². The fraction of sp³-hybridized carbons (Fsp3) is 0.273. The van der Waals surface area contributed by atoms with Gasteiger partial charge in [-0.3, -0.25) is 19.9 Å². The predicted octanol–water partition coefficient (Wildman–Crippen LogP) is 1.95. The van der Waals surface area contributed by atoms with Gasteiger partial charge in [0.2, 0.25) is 0 Å². The van der Waals surface area contributed by atoms with Gasteiger partial charge in [0.1, 0.15) is 17.6 Å². The standard InChI is InChI=1S/C11H9ClN2O4/c1-2-18-10(15)5-3-4-8-6-13-7-9(11(8)12)14(16)17/h6-7H,2,5H2,1H3. The molecule has 6 nitrogen and oxygen atoms in total. The van der Waals surface area contributed by atoms with Gasteiger partial charge in [-0.2, -0.15) is 0 Å². The number of hydrogen-bond donors (Lipinski definition) is 0. The molecule has 0 aliphatic rings. The molecule has 0 aliphatic carbocycles. The predicted molar refractivity (Wildman–Crippen MR) is 64.0 cm³/mol. The molecule has 0 aromatic carbocycles. The molecular weight excluding hydrogens is 260 g/mol. The summed E-state index contributed by atoms with van der Waals surface area (Å²) in [4.78, 5) is 24.6. The van der Waals surface area contributed by atoms with E-state index >= 15 is 0 Å². The quantitative estimate of drug-likeness (QED) is 0.362. The first-order valence-electron chi connectivity index (χ1n) is 4.98. The zero-order valence-electron chi connectivity index (χ0n) is 9.47. The number of ether oxygens (including phenoxy) is 1. The van der Waals surface area contributed by atoms with Crippen LogP contribution in [0.5, 0.6) is 0 Å². The number of halogens is 1. The van der Waals surface area contributed by atoms with Crippen LogP contribution < -0.4 is 0 Å². The van der Waals surface area contributed by atoms with Crippen molar-refractivity contribution in [2.45, 2.75) is 13.3 Å². The lowest BCUT2D eigenvalue weighted by Crippen LogP contribution is -2.01. The largest absolute Gasteiger partial charge is 0.465 e. The zero-order valence-corrected chi connectivity index (χ0v) is 10.2. The fourth-order valence-corrected chi connectivity index (χ4v) is 1.29.